The molecular formula is C55H66N4O10S. The predicted molar refractivity (Wildman–Crippen MR) is 268 cm³/mol. The molecule has 4 aromatic carbocycles. The molecule has 0 radical (unpaired) electrons. The highest BCUT2D eigenvalue weighted by Crippen LogP contribution is 2.43. The third kappa shape index (κ3) is 12.0. The van der Waals surface area contributed by atoms with E-state index < -0.39 is 23.7 Å². The number of amides is 5. The number of hydrogen-bond acceptors (Lipinski definition) is 11. The minimum absolute atomic E-state index is 0.0209. The third-order valence-electron chi connectivity index (χ3n) is 13.7. The third-order valence-corrected chi connectivity index (χ3v) is 15.2. The first kappa shape index (κ1) is 51.7. The van der Waals surface area contributed by atoms with Gasteiger partial charge in [0.1, 0.15) is 29.0 Å². The molecule has 0 unspecified atom stereocenters. The molecule has 15 heteroatoms. The van der Waals surface area contributed by atoms with Crippen molar-refractivity contribution in [3.63, 3.8) is 0 Å². The van der Waals surface area contributed by atoms with E-state index in [9.17, 15) is 28.8 Å². The van der Waals surface area contributed by atoms with Crippen molar-refractivity contribution in [2.45, 2.75) is 119 Å². The van der Waals surface area contributed by atoms with Gasteiger partial charge in [-0.1, -0.05) is 93.9 Å². The van der Waals surface area contributed by atoms with Crippen LogP contribution in [0.4, 0.5) is 4.79 Å². The summed E-state index contributed by atoms with van der Waals surface area (Å²) in [7, 11) is 4.72. The van der Waals surface area contributed by atoms with E-state index in [1.54, 1.807) is 43.0 Å². The Morgan fingerprint density at radius 2 is 1.36 bits per heavy atom. The van der Waals surface area contributed by atoms with Crippen molar-refractivity contribution >= 4 is 47.3 Å². The van der Waals surface area contributed by atoms with Gasteiger partial charge in [0.2, 0.25) is 11.8 Å². The van der Waals surface area contributed by atoms with Crippen molar-refractivity contribution in [1.82, 2.24) is 20.4 Å². The quantitative estimate of drug-likeness (QED) is 0.0359. The van der Waals surface area contributed by atoms with Gasteiger partial charge in [0.25, 0.3) is 5.91 Å². The summed E-state index contributed by atoms with van der Waals surface area (Å²) in [5, 5.41) is 5.70. The molecule has 4 aromatic rings. The molecule has 70 heavy (non-hydrogen) atoms. The maximum Gasteiger partial charge on any atom is 0.325 e. The Kier molecular flexibility index (Phi) is 17.1. The van der Waals surface area contributed by atoms with Gasteiger partial charge in [-0.05, 0) is 76.9 Å². The number of esters is 1. The lowest BCUT2D eigenvalue weighted by Gasteiger charge is -2.38. The van der Waals surface area contributed by atoms with Crippen molar-refractivity contribution in [1.29, 1.82) is 0 Å². The van der Waals surface area contributed by atoms with E-state index in [2.05, 4.69) is 31.4 Å². The summed E-state index contributed by atoms with van der Waals surface area (Å²) in [6.45, 7) is 6.50. The highest BCUT2D eigenvalue weighted by atomic mass is 32.2. The minimum Gasteiger partial charge on any atom is -0.497 e. The number of hydrogen-bond donors (Lipinski definition) is 2. The Morgan fingerprint density at radius 1 is 0.743 bits per heavy atom. The van der Waals surface area contributed by atoms with Crippen LogP contribution in [0.5, 0.6) is 11.5 Å². The second-order valence-electron chi connectivity index (χ2n) is 19.2. The molecule has 14 nitrogen and oxygen atoms in total. The maximum atomic E-state index is 14.2. The van der Waals surface area contributed by atoms with Gasteiger partial charge in [0, 0.05) is 55.7 Å². The Balaban J connectivity index is 0.987. The number of methoxy groups -OCH3 is 2. The standard InChI is InChI=1S/C55H66N4O10S/c1-54(2,3)37-18-16-36(17-19-37)52(64)59-46-35-70-47(51(46)57-53(59)65)15-11-10-14-42(60)24-30-49(62)58-33-45(69-50(63)31-29-48(61)56-4)32-41(58)34-68-55(38-12-8-7-9-13-38,39-20-25-43(66-5)26-21-39)40-22-27-44(67-6)28-23-40/h7-9,12-13,16-23,25-28,41,45-47,51H,10-11,14-15,24,29-35H2,1-6H3,(H,56,61)(H,57,65)/t41-,45+,46-,47-,51-/m0/s1. The fourth-order valence-corrected chi connectivity index (χ4v) is 11.3. The summed E-state index contributed by atoms with van der Waals surface area (Å²) >= 11 is 1.75. The molecule has 5 amide bonds. The number of ketones is 1. The van der Waals surface area contributed by atoms with Crippen LogP contribution >= 0.6 is 11.8 Å². The smallest absolute Gasteiger partial charge is 0.325 e. The second-order valence-corrected chi connectivity index (χ2v) is 20.5. The predicted octanol–water partition coefficient (Wildman–Crippen LogP) is 7.98. The Hall–Kier alpha value is -6.19. The molecule has 3 aliphatic rings. The van der Waals surface area contributed by atoms with Crippen LogP contribution in [-0.2, 0) is 39.7 Å². The molecular weight excluding hydrogens is 909 g/mol. The van der Waals surface area contributed by atoms with E-state index in [-0.39, 0.29) is 91.1 Å². The molecule has 0 saturated carbocycles. The van der Waals surface area contributed by atoms with Crippen molar-refractivity contribution < 1.29 is 47.7 Å². The van der Waals surface area contributed by atoms with Gasteiger partial charge in [-0.3, -0.25) is 28.9 Å². The number of ether oxygens (including phenoxy) is 4. The van der Waals surface area contributed by atoms with Crippen molar-refractivity contribution in [2.75, 3.05) is 40.2 Å². The Labute approximate surface area is 415 Å². The number of nitrogens with one attached hydrogen (secondary N) is 2. The number of thioether (sulfide) groups is 1. The molecule has 3 fully saturated rings. The zero-order valence-electron chi connectivity index (χ0n) is 41.1. The number of fused-ring (bicyclic) bond motifs is 1. The average molecular weight is 975 g/mol. The van der Waals surface area contributed by atoms with Crippen LogP contribution < -0.4 is 20.1 Å². The molecule has 0 aliphatic carbocycles. The summed E-state index contributed by atoms with van der Waals surface area (Å²) in [6.07, 6.45) is 2.01. The second kappa shape index (κ2) is 23.2. The number of Topliss-reactive ketones (excluding diaryl/α,β-unsaturated/α-hetero) is 1. The first-order chi connectivity index (χ1) is 33.6. The van der Waals surface area contributed by atoms with Gasteiger partial charge in [-0.2, -0.15) is 11.8 Å². The summed E-state index contributed by atoms with van der Waals surface area (Å²) in [4.78, 5) is 82.1. The van der Waals surface area contributed by atoms with Crippen LogP contribution in [0.3, 0.4) is 0 Å². The van der Waals surface area contributed by atoms with Gasteiger partial charge in [-0.25, -0.2) is 4.79 Å². The SMILES string of the molecule is CNC(=O)CCC(=O)O[C@@H]1C[C@@H](COC(c2ccccc2)(c2ccc(OC)cc2)c2ccc(OC)cc2)N(C(=O)CCC(=O)CCCC[C@@H]2SC[C@H]3[C@@H]2NC(=O)N3C(=O)c2ccc(C(C)(C)C)cc2)C1. The normalized spacial score (nSPS) is 19.9. The zero-order valence-corrected chi connectivity index (χ0v) is 41.9. The molecule has 372 valence electrons. The molecule has 5 atom stereocenters. The minimum atomic E-state index is -1.16. The molecule has 3 heterocycles. The number of carbonyl (C=O) groups is 6. The summed E-state index contributed by atoms with van der Waals surface area (Å²) in [6, 6.07) is 31.3. The van der Waals surface area contributed by atoms with Crippen molar-refractivity contribution in [3.8, 4) is 11.5 Å². The van der Waals surface area contributed by atoms with Gasteiger partial charge in [0.05, 0.1) is 51.9 Å². The summed E-state index contributed by atoms with van der Waals surface area (Å²) in [5.41, 5.74) is 2.86. The number of imide groups is 1. The highest BCUT2D eigenvalue weighted by Gasteiger charge is 2.50. The van der Waals surface area contributed by atoms with Crippen LogP contribution in [0.25, 0.3) is 0 Å². The van der Waals surface area contributed by atoms with Gasteiger partial charge >= 0.3 is 12.0 Å². The summed E-state index contributed by atoms with van der Waals surface area (Å²) in [5.74, 6) is 0.604. The number of unbranched alkanes of at least 4 members (excludes halogenated alkanes) is 1. The van der Waals surface area contributed by atoms with Crippen molar-refractivity contribution in [2.24, 2.45) is 0 Å². The molecule has 0 bridgehead atoms. The molecule has 2 N–H and O–H groups in total. The molecule has 7 rings (SSSR count). The number of likely N-dealkylation sites (tertiary alicyclic amines) is 1. The summed E-state index contributed by atoms with van der Waals surface area (Å²) < 4.78 is 24.1. The first-order valence-electron chi connectivity index (χ1n) is 24.2. The lowest BCUT2D eigenvalue weighted by molar-refractivity contribution is -0.150. The highest BCUT2D eigenvalue weighted by molar-refractivity contribution is 8.00. The van der Waals surface area contributed by atoms with Gasteiger partial charge in [-0.15, -0.1) is 0 Å². The fourth-order valence-electron chi connectivity index (χ4n) is 9.71. The number of carbonyl (C=O) groups excluding carboxylic acids is 6. The van der Waals surface area contributed by atoms with Gasteiger partial charge < -0.3 is 34.5 Å². The van der Waals surface area contributed by atoms with Crippen LogP contribution in [0.2, 0.25) is 0 Å². The lowest BCUT2D eigenvalue weighted by atomic mass is 9.80. The van der Waals surface area contributed by atoms with Crippen LogP contribution in [0, 0.1) is 0 Å². The van der Waals surface area contributed by atoms with E-state index in [4.69, 9.17) is 18.9 Å². The van der Waals surface area contributed by atoms with Crippen molar-refractivity contribution in [3.05, 3.63) is 131 Å². The zero-order chi connectivity index (χ0) is 50.0. The number of benzene rings is 4. The molecule has 0 spiro atoms. The van der Waals surface area contributed by atoms with Crippen LogP contribution in [0.1, 0.15) is 111 Å². The number of rotatable bonds is 21. The van der Waals surface area contributed by atoms with E-state index in [1.165, 1.54) is 11.9 Å². The lowest BCUT2D eigenvalue weighted by Crippen LogP contribution is -2.42. The first-order valence-corrected chi connectivity index (χ1v) is 25.3. The Morgan fingerprint density at radius 3 is 1.96 bits per heavy atom. The van der Waals surface area contributed by atoms with Gasteiger partial charge in [0.15, 0.2) is 0 Å². The number of urea groups is 1. The average Bonchev–Trinajstić information content (AvgIpc) is 4.06. The fraction of sp³-hybridized carbons (Fsp3) is 0.455. The molecule has 0 aromatic heterocycles. The van der Waals surface area contributed by atoms with E-state index in [1.807, 2.05) is 91.0 Å². The monoisotopic (exact) mass is 974 g/mol. The van der Waals surface area contributed by atoms with Crippen LogP contribution in [-0.4, -0.2) is 115 Å². The van der Waals surface area contributed by atoms with E-state index in [0.29, 0.717) is 42.1 Å². The Bertz CT molecular complexity index is 2410. The molecule has 3 aliphatic heterocycles. The van der Waals surface area contributed by atoms with Crippen LogP contribution in [0.15, 0.2) is 103 Å². The maximum absolute atomic E-state index is 14.2. The molecule has 3 saturated heterocycles. The van der Waals surface area contributed by atoms with E-state index >= 15 is 0 Å². The topological polar surface area (TPSA) is 170 Å². The van der Waals surface area contributed by atoms with E-state index in [0.717, 1.165) is 35.1 Å². The largest absolute Gasteiger partial charge is 0.497 e. The number of nitrogens with zero attached hydrogens (tertiary/aromatic N) is 2.